The largest absolute Gasteiger partial charge is 0.103 e. The first kappa shape index (κ1) is 13.7. The number of rotatable bonds is 8. The standard InChI is InChI=1S/C14H27/c1-6-7-8-9-10-11-14(12(2)3)13(4)5/h6,12,14H,1,7-11H2,2-5H3. The predicted octanol–water partition coefficient (Wildman–Crippen LogP) is 5.01. The van der Waals surface area contributed by atoms with E-state index in [9.17, 15) is 0 Å². The average molecular weight is 195 g/mol. The third kappa shape index (κ3) is 6.23. The molecule has 0 bridgehead atoms. The Labute approximate surface area is 90.8 Å². The second-order valence-corrected chi connectivity index (χ2v) is 4.85. The summed E-state index contributed by atoms with van der Waals surface area (Å²) in [5.41, 5.74) is 0. The molecule has 0 saturated carbocycles. The highest BCUT2D eigenvalue weighted by Crippen LogP contribution is 2.27. The molecule has 0 aliphatic heterocycles. The van der Waals surface area contributed by atoms with Gasteiger partial charge in [0.15, 0.2) is 0 Å². The van der Waals surface area contributed by atoms with Crippen LogP contribution in [0.4, 0.5) is 0 Å². The monoisotopic (exact) mass is 195 g/mol. The van der Waals surface area contributed by atoms with E-state index in [-0.39, 0.29) is 0 Å². The Morgan fingerprint density at radius 2 is 1.79 bits per heavy atom. The Balaban J connectivity index is 3.56. The maximum atomic E-state index is 3.75. The van der Waals surface area contributed by atoms with Crippen LogP contribution in [0.25, 0.3) is 0 Å². The average Bonchev–Trinajstić information content (AvgIpc) is 2.09. The molecule has 0 heteroatoms. The molecule has 0 amide bonds. The van der Waals surface area contributed by atoms with Gasteiger partial charge in [0.2, 0.25) is 0 Å². The molecule has 0 aliphatic rings. The van der Waals surface area contributed by atoms with E-state index in [4.69, 9.17) is 0 Å². The van der Waals surface area contributed by atoms with Gasteiger partial charge in [0.05, 0.1) is 0 Å². The molecule has 0 aromatic rings. The van der Waals surface area contributed by atoms with Gasteiger partial charge in [-0.3, -0.25) is 0 Å². The lowest BCUT2D eigenvalue weighted by molar-refractivity contribution is 0.362. The molecule has 1 unspecified atom stereocenters. The van der Waals surface area contributed by atoms with Crippen LogP contribution in [0.2, 0.25) is 0 Å². The minimum atomic E-state index is 0.805. The van der Waals surface area contributed by atoms with E-state index in [1.807, 2.05) is 6.08 Å². The lowest BCUT2D eigenvalue weighted by Gasteiger charge is -2.24. The van der Waals surface area contributed by atoms with Gasteiger partial charge >= 0.3 is 0 Å². The molecule has 83 valence electrons. The highest BCUT2D eigenvalue weighted by atomic mass is 14.2. The van der Waals surface area contributed by atoms with Crippen LogP contribution in [0.1, 0.15) is 59.8 Å². The second-order valence-electron chi connectivity index (χ2n) is 4.85. The Hall–Kier alpha value is -0.260. The van der Waals surface area contributed by atoms with Gasteiger partial charge in [0.1, 0.15) is 0 Å². The summed E-state index contributed by atoms with van der Waals surface area (Å²) < 4.78 is 0. The second kappa shape index (κ2) is 8.08. The SMILES string of the molecule is C=CCCCCCC([C](C)C)C(C)C. The van der Waals surface area contributed by atoms with Crippen molar-refractivity contribution < 1.29 is 0 Å². The number of allylic oxidation sites excluding steroid dienone is 1. The zero-order valence-corrected chi connectivity index (χ0v) is 10.5. The van der Waals surface area contributed by atoms with Crippen molar-refractivity contribution >= 4 is 0 Å². The van der Waals surface area contributed by atoms with Gasteiger partial charge in [-0.05, 0) is 37.0 Å². The zero-order valence-electron chi connectivity index (χ0n) is 10.5. The van der Waals surface area contributed by atoms with E-state index in [1.165, 1.54) is 32.1 Å². The number of hydrogen-bond acceptors (Lipinski definition) is 0. The molecule has 1 atom stereocenters. The summed E-state index contributed by atoms with van der Waals surface area (Å²) in [6.45, 7) is 13.0. The van der Waals surface area contributed by atoms with Crippen molar-refractivity contribution in [3.8, 4) is 0 Å². The Bertz CT molecular complexity index is 125. The van der Waals surface area contributed by atoms with Crippen molar-refractivity contribution in [3.63, 3.8) is 0 Å². The van der Waals surface area contributed by atoms with Gasteiger partial charge in [-0.1, -0.05) is 46.6 Å². The maximum absolute atomic E-state index is 3.75. The van der Waals surface area contributed by atoms with Crippen LogP contribution >= 0.6 is 0 Å². The molecule has 0 saturated heterocycles. The van der Waals surface area contributed by atoms with Crippen molar-refractivity contribution in [2.24, 2.45) is 11.8 Å². The fourth-order valence-electron chi connectivity index (χ4n) is 2.12. The molecular formula is C14H27. The lowest BCUT2D eigenvalue weighted by atomic mass is 9.82. The van der Waals surface area contributed by atoms with Gasteiger partial charge in [-0.15, -0.1) is 6.58 Å². The maximum Gasteiger partial charge on any atom is -0.0269 e. The van der Waals surface area contributed by atoms with Gasteiger partial charge in [0.25, 0.3) is 0 Å². The predicted molar refractivity (Wildman–Crippen MR) is 66.2 cm³/mol. The molecule has 0 rings (SSSR count). The fraction of sp³-hybridized carbons (Fsp3) is 0.786. The van der Waals surface area contributed by atoms with Crippen LogP contribution in [0.15, 0.2) is 12.7 Å². The van der Waals surface area contributed by atoms with Crippen LogP contribution in [0.3, 0.4) is 0 Å². The Morgan fingerprint density at radius 3 is 2.21 bits per heavy atom. The van der Waals surface area contributed by atoms with E-state index in [0.29, 0.717) is 0 Å². The molecule has 14 heavy (non-hydrogen) atoms. The highest BCUT2D eigenvalue weighted by molar-refractivity contribution is 4.88. The summed E-state index contributed by atoms with van der Waals surface area (Å²) in [6.07, 6.45) is 8.64. The smallest absolute Gasteiger partial charge is 0.0269 e. The quantitative estimate of drug-likeness (QED) is 0.377. The molecule has 1 radical (unpaired) electrons. The lowest BCUT2D eigenvalue weighted by Crippen LogP contribution is -2.13. The van der Waals surface area contributed by atoms with E-state index < -0.39 is 0 Å². The van der Waals surface area contributed by atoms with E-state index in [0.717, 1.165) is 11.8 Å². The first-order valence-electron chi connectivity index (χ1n) is 6.00. The Kier molecular flexibility index (Phi) is 7.93. The van der Waals surface area contributed by atoms with Crippen molar-refractivity contribution in [1.82, 2.24) is 0 Å². The highest BCUT2D eigenvalue weighted by Gasteiger charge is 2.16. The van der Waals surface area contributed by atoms with Gasteiger partial charge < -0.3 is 0 Å². The summed E-state index contributed by atoms with van der Waals surface area (Å²) in [5, 5.41) is 0. The molecule has 0 nitrogen and oxygen atoms in total. The van der Waals surface area contributed by atoms with Gasteiger partial charge in [-0.25, -0.2) is 0 Å². The summed E-state index contributed by atoms with van der Waals surface area (Å²) in [6, 6.07) is 0. The molecule has 0 aliphatic carbocycles. The minimum absolute atomic E-state index is 0.805. The summed E-state index contributed by atoms with van der Waals surface area (Å²) in [7, 11) is 0. The Morgan fingerprint density at radius 1 is 1.14 bits per heavy atom. The van der Waals surface area contributed by atoms with Gasteiger partial charge in [0, 0.05) is 0 Å². The summed E-state index contributed by atoms with van der Waals surface area (Å²) >= 11 is 0. The van der Waals surface area contributed by atoms with E-state index in [1.54, 1.807) is 5.92 Å². The van der Waals surface area contributed by atoms with Gasteiger partial charge in [-0.2, -0.15) is 0 Å². The third-order valence-corrected chi connectivity index (χ3v) is 2.97. The number of unbranched alkanes of at least 4 members (excludes halogenated alkanes) is 3. The van der Waals surface area contributed by atoms with Crippen LogP contribution in [-0.4, -0.2) is 0 Å². The fourth-order valence-corrected chi connectivity index (χ4v) is 2.12. The topological polar surface area (TPSA) is 0 Å². The normalized spacial score (nSPS) is 11.6. The molecule has 0 N–H and O–H groups in total. The van der Waals surface area contributed by atoms with Crippen LogP contribution in [-0.2, 0) is 0 Å². The van der Waals surface area contributed by atoms with Crippen LogP contribution in [0, 0.1) is 17.8 Å². The molecule has 0 aromatic heterocycles. The number of hydrogen-bond donors (Lipinski definition) is 0. The van der Waals surface area contributed by atoms with Crippen molar-refractivity contribution in [1.29, 1.82) is 0 Å². The molecule has 0 aromatic carbocycles. The van der Waals surface area contributed by atoms with Crippen molar-refractivity contribution in [2.45, 2.75) is 59.8 Å². The third-order valence-electron chi connectivity index (χ3n) is 2.97. The van der Waals surface area contributed by atoms with Crippen molar-refractivity contribution in [3.05, 3.63) is 18.6 Å². The molecule has 0 heterocycles. The first-order valence-corrected chi connectivity index (χ1v) is 6.00. The minimum Gasteiger partial charge on any atom is -0.103 e. The van der Waals surface area contributed by atoms with Crippen molar-refractivity contribution in [2.75, 3.05) is 0 Å². The summed E-state index contributed by atoms with van der Waals surface area (Å²) in [4.78, 5) is 0. The zero-order chi connectivity index (χ0) is 11.0. The van der Waals surface area contributed by atoms with E-state index in [2.05, 4.69) is 34.3 Å². The van der Waals surface area contributed by atoms with Crippen LogP contribution < -0.4 is 0 Å². The molecule has 0 spiro atoms. The summed E-state index contributed by atoms with van der Waals surface area (Å²) in [5.74, 6) is 3.24. The van der Waals surface area contributed by atoms with Crippen LogP contribution in [0.5, 0.6) is 0 Å². The molecule has 0 fully saturated rings. The first-order chi connectivity index (χ1) is 6.59. The molecular weight excluding hydrogens is 168 g/mol. The van der Waals surface area contributed by atoms with E-state index >= 15 is 0 Å².